The van der Waals surface area contributed by atoms with Crippen LogP contribution in [0.4, 0.5) is 5.69 Å². The number of aryl methyl sites for hydroxylation is 1. The standard InChI is InChI=1S/C21H26N2O2/c1-4-18-10-12-20(13-11-18)23(17(3)24)15-14-21(25)22-16(2)19-8-6-5-7-9-19/h5-13,16H,4,14-15H2,1-3H3,(H,22,25). The molecule has 0 aromatic heterocycles. The fraction of sp³-hybridized carbons (Fsp3) is 0.333. The molecule has 1 unspecified atom stereocenters. The van der Waals surface area contributed by atoms with Gasteiger partial charge in [0.25, 0.3) is 0 Å². The minimum Gasteiger partial charge on any atom is -0.350 e. The van der Waals surface area contributed by atoms with Gasteiger partial charge in [-0.3, -0.25) is 9.59 Å². The molecule has 4 nitrogen and oxygen atoms in total. The number of benzene rings is 2. The maximum atomic E-state index is 12.2. The molecule has 0 saturated carbocycles. The van der Waals surface area contributed by atoms with Gasteiger partial charge in [-0.1, -0.05) is 49.4 Å². The Labute approximate surface area is 149 Å². The van der Waals surface area contributed by atoms with Gasteiger partial charge >= 0.3 is 0 Å². The predicted octanol–water partition coefficient (Wildman–Crippen LogP) is 3.87. The summed E-state index contributed by atoms with van der Waals surface area (Å²) in [5, 5.41) is 2.98. The highest BCUT2D eigenvalue weighted by Gasteiger charge is 2.15. The number of carbonyl (C=O) groups excluding carboxylic acids is 2. The highest BCUT2D eigenvalue weighted by Crippen LogP contribution is 2.17. The van der Waals surface area contributed by atoms with E-state index >= 15 is 0 Å². The first kappa shape index (κ1) is 18.7. The molecule has 0 aliphatic rings. The average molecular weight is 338 g/mol. The zero-order valence-corrected chi connectivity index (χ0v) is 15.2. The lowest BCUT2D eigenvalue weighted by Crippen LogP contribution is -2.34. The molecule has 0 aliphatic heterocycles. The molecule has 0 heterocycles. The summed E-state index contributed by atoms with van der Waals surface area (Å²) >= 11 is 0. The van der Waals surface area contributed by atoms with Crippen molar-refractivity contribution < 1.29 is 9.59 Å². The number of hydrogen-bond acceptors (Lipinski definition) is 2. The van der Waals surface area contributed by atoms with Crippen molar-refractivity contribution in [3.05, 3.63) is 65.7 Å². The Morgan fingerprint density at radius 1 is 1.04 bits per heavy atom. The summed E-state index contributed by atoms with van der Waals surface area (Å²) in [7, 11) is 0. The van der Waals surface area contributed by atoms with E-state index < -0.39 is 0 Å². The van der Waals surface area contributed by atoms with Crippen molar-refractivity contribution >= 4 is 17.5 Å². The van der Waals surface area contributed by atoms with Crippen LogP contribution in [0.3, 0.4) is 0 Å². The fourth-order valence-electron chi connectivity index (χ4n) is 2.73. The van der Waals surface area contributed by atoms with Crippen molar-refractivity contribution in [1.29, 1.82) is 0 Å². The Morgan fingerprint density at radius 3 is 2.24 bits per heavy atom. The van der Waals surface area contributed by atoms with Gasteiger partial charge in [-0.25, -0.2) is 0 Å². The molecule has 1 N–H and O–H groups in total. The molecular formula is C21H26N2O2. The van der Waals surface area contributed by atoms with Gasteiger partial charge in [-0.2, -0.15) is 0 Å². The molecule has 0 fully saturated rings. The minimum absolute atomic E-state index is 0.0525. The largest absolute Gasteiger partial charge is 0.350 e. The van der Waals surface area contributed by atoms with E-state index in [1.165, 1.54) is 12.5 Å². The van der Waals surface area contributed by atoms with Crippen molar-refractivity contribution in [2.75, 3.05) is 11.4 Å². The summed E-state index contributed by atoms with van der Waals surface area (Å²) in [5.41, 5.74) is 3.12. The average Bonchev–Trinajstić information content (AvgIpc) is 2.62. The molecule has 2 amide bonds. The van der Waals surface area contributed by atoms with Gasteiger partial charge in [0, 0.05) is 25.6 Å². The number of hydrogen-bond donors (Lipinski definition) is 1. The van der Waals surface area contributed by atoms with Crippen LogP contribution in [0.15, 0.2) is 54.6 Å². The van der Waals surface area contributed by atoms with Crippen molar-refractivity contribution in [2.24, 2.45) is 0 Å². The molecule has 132 valence electrons. The Balaban J connectivity index is 1.94. The van der Waals surface area contributed by atoms with E-state index in [0.717, 1.165) is 17.7 Å². The number of anilines is 1. The number of nitrogens with one attached hydrogen (secondary N) is 1. The quantitative estimate of drug-likeness (QED) is 0.833. The van der Waals surface area contributed by atoms with E-state index in [1.54, 1.807) is 4.90 Å². The molecular weight excluding hydrogens is 312 g/mol. The molecule has 25 heavy (non-hydrogen) atoms. The lowest BCUT2D eigenvalue weighted by Gasteiger charge is -2.22. The number of amides is 2. The SMILES string of the molecule is CCc1ccc(N(CCC(=O)NC(C)c2ccccc2)C(C)=O)cc1. The molecule has 0 bridgehead atoms. The van der Waals surface area contributed by atoms with Crippen LogP contribution in [-0.2, 0) is 16.0 Å². The van der Waals surface area contributed by atoms with Gasteiger partial charge in [0.15, 0.2) is 0 Å². The third kappa shape index (κ3) is 5.45. The topological polar surface area (TPSA) is 49.4 Å². The van der Waals surface area contributed by atoms with Gasteiger partial charge in [0.2, 0.25) is 11.8 Å². The summed E-state index contributed by atoms with van der Waals surface area (Å²) in [4.78, 5) is 25.8. The van der Waals surface area contributed by atoms with E-state index in [9.17, 15) is 9.59 Å². The van der Waals surface area contributed by atoms with Crippen LogP contribution in [-0.4, -0.2) is 18.4 Å². The maximum Gasteiger partial charge on any atom is 0.223 e. The fourth-order valence-corrected chi connectivity index (χ4v) is 2.73. The van der Waals surface area contributed by atoms with Crippen LogP contribution in [0.25, 0.3) is 0 Å². The van der Waals surface area contributed by atoms with Crippen LogP contribution in [0, 0.1) is 0 Å². The van der Waals surface area contributed by atoms with Crippen LogP contribution < -0.4 is 10.2 Å². The van der Waals surface area contributed by atoms with Crippen molar-refractivity contribution in [3.8, 4) is 0 Å². The summed E-state index contributed by atoms with van der Waals surface area (Å²) in [6, 6.07) is 17.7. The normalized spacial score (nSPS) is 11.6. The molecule has 0 spiro atoms. The zero-order valence-electron chi connectivity index (χ0n) is 15.2. The van der Waals surface area contributed by atoms with Crippen molar-refractivity contribution in [3.63, 3.8) is 0 Å². The number of rotatable bonds is 7. The summed E-state index contributed by atoms with van der Waals surface area (Å²) in [5.74, 6) is -0.124. The molecule has 0 aliphatic carbocycles. The Morgan fingerprint density at radius 2 is 1.68 bits per heavy atom. The van der Waals surface area contributed by atoms with Crippen molar-refractivity contribution in [1.82, 2.24) is 5.32 Å². The molecule has 2 aromatic carbocycles. The van der Waals surface area contributed by atoms with Crippen LogP contribution in [0.1, 0.15) is 44.4 Å². The van der Waals surface area contributed by atoms with Gasteiger partial charge in [0.1, 0.15) is 0 Å². The monoisotopic (exact) mass is 338 g/mol. The maximum absolute atomic E-state index is 12.2. The third-order valence-electron chi connectivity index (χ3n) is 4.28. The molecule has 2 aromatic rings. The Hall–Kier alpha value is -2.62. The highest BCUT2D eigenvalue weighted by atomic mass is 16.2. The zero-order chi connectivity index (χ0) is 18.2. The smallest absolute Gasteiger partial charge is 0.223 e. The molecule has 0 saturated heterocycles. The van der Waals surface area contributed by atoms with E-state index in [1.807, 2.05) is 61.5 Å². The molecule has 2 rings (SSSR count). The molecule has 4 heteroatoms. The number of carbonyl (C=O) groups is 2. The van der Waals surface area contributed by atoms with E-state index in [2.05, 4.69) is 12.2 Å². The first-order valence-corrected chi connectivity index (χ1v) is 8.72. The Bertz CT molecular complexity index is 696. The number of nitrogens with zero attached hydrogens (tertiary/aromatic N) is 1. The Kier molecular flexibility index (Phi) is 6.75. The van der Waals surface area contributed by atoms with Gasteiger partial charge in [-0.05, 0) is 36.6 Å². The first-order chi connectivity index (χ1) is 12.0. The second-order valence-electron chi connectivity index (χ2n) is 6.14. The predicted molar refractivity (Wildman–Crippen MR) is 101 cm³/mol. The lowest BCUT2D eigenvalue weighted by atomic mass is 10.1. The second kappa shape index (κ2) is 9.02. The lowest BCUT2D eigenvalue weighted by molar-refractivity contribution is -0.121. The highest BCUT2D eigenvalue weighted by molar-refractivity contribution is 5.92. The van der Waals surface area contributed by atoms with Gasteiger partial charge in [-0.15, -0.1) is 0 Å². The van der Waals surface area contributed by atoms with Crippen LogP contribution in [0.2, 0.25) is 0 Å². The second-order valence-corrected chi connectivity index (χ2v) is 6.14. The molecule has 0 radical (unpaired) electrons. The summed E-state index contributed by atoms with van der Waals surface area (Å²) in [6.07, 6.45) is 1.23. The van der Waals surface area contributed by atoms with Gasteiger partial charge in [0.05, 0.1) is 6.04 Å². The summed E-state index contributed by atoms with van der Waals surface area (Å²) in [6.45, 7) is 5.95. The van der Waals surface area contributed by atoms with Crippen molar-refractivity contribution in [2.45, 2.75) is 39.7 Å². The van der Waals surface area contributed by atoms with E-state index in [4.69, 9.17) is 0 Å². The molecule has 1 atom stereocenters. The van der Waals surface area contributed by atoms with Crippen LogP contribution >= 0.6 is 0 Å². The third-order valence-corrected chi connectivity index (χ3v) is 4.28. The summed E-state index contributed by atoms with van der Waals surface area (Å²) < 4.78 is 0. The van der Waals surface area contributed by atoms with E-state index in [0.29, 0.717) is 6.54 Å². The van der Waals surface area contributed by atoms with Crippen LogP contribution in [0.5, 0.6) is 0 Å². The van der Waals surface area contributed by atoms with Gasteiger partial charge < -0.3 is 10.2 Å². The minimum atomic E-state index is -0.0622. The van der Waals surface area contributed by atoms with E-state index in [-0.39, 0.29) is 24.3 Å². The first-order valence-electron chi connectivity index (χ1n) is 8.72.